The van der Waals surface area contributed by atoms with Crippen molar-refractivity contribution in [2.24, 2.45) is 0 Å². The maximum Gasteiger partial charge on any atom is 0.323 e. The number of fused-ring (bicyclic) bond motifs is 1. The average Bonchev–Trinajstić information content (AvgIpc) is 3.34. The molecule has 1 atom stereocenters. The Hall–Kier alpha value is -3.77. The summed E-state index contributed by atoms with van der Waals surface area (Å²) in [5.74, 6) is -1.39. The zero-order chi connectivity index (χ0) is 25.5. The van der Waals surface area contributed by atoms with Crippen LogP contribution >= 0.6 is 0 Å². The summed E-state index contributed by atoms with van der Waals surface area (Å²) >= 11 is 0. The van der Waals surface area contributed by atoms with E-state index in [4.69, 9.17) is 0 Å². The van der Waals surface area contributed by atoms with Gasteiger partial charge in [0.1, 0.15) is 11.9 Å². The zero-order valence-electron chi connectivity index (χ0n) is 19.6. The molecule has 0 saturated carbocycles. The van der Waals surface area contributed by atoms with E-state index in [0.717, 1.165) is 30.9 Å². The van der Waals surface area contributed by atoms with Crippen LogP contribution in [0.2, 0.25) is 0 Å². The second kappa shape index (κ2) is 11.3. The molecule has 0 fully saturated rings. The number of sulfonamides is 1. The monoisotopic (exact) mass is 512 g/mol. The number of carboxylic acids is 1. The van der Waals surface area contributed by atoms with Gasteiger partial charge in [0.2, 0.25) is 10.0 Å². The molecular weight excluding hydrogens is 484 g/mol. The normalized spacial score (nSPS) is 13.9. The summed E-state index contributed by atoms with van der Waals surface area (Å²) in [6.45, 7) is 1.01. The van der Waals surface area contributed by atoms with Gasteiger partial charge in [-0.05, 0) is 30.0 Å². The number of carboxylic acid groups (broad SMARTS) is 1. The number of carbonyl (C=O) groups is 2. The van der Waals surface area contributed by atoms with Crippen molar-refractivity contribution in [1.29, 1.82) is 0 Å². The number of hydrogen-bond acceptors (Lipinski definition) is 7. The summed E-state index contributed by atoms with van der Waals surface area (Å²) in [5.41, 5.74) is 2.89. The number of amides is 1. The van der Waals surface area contributed by atoms with Crippen molar-refractivity contribution in [2.45, 2.75) is 37.6 Å². The Labute approximate surface area is 209 Å². The van der Waals surface area contributed by atoms with Crippen molar-refractivity contribution >= 4 is 27.7 Å². The molecule has 0 aliphatic carbocycles. The molecule has 0 spiro atoms. The Morgan fingerprint density at radius 3 is 2.75 bits per heavy atom. The molecule has 3 aromatic rings. The zero-order valence-corrected chi connectivity index (χ0v) is 20.4. The van der Waals surface area contributed by atoms with E-state index in [0.29, 0.717) is 18.5 Å². The SMILES string of the molecule is O=C(NC[C@H](NS(=O)(=O)Cc1ccccc1)C(=O)O)c1cnn(CCc2ccc3c(n2)NCCC3)c1. The van der Waals surface area contributed by atoms with E-state index in [1.54, 1.807) is 41.2 Å². The van der Waals surface area contributed by atoms with Crippen molar-refractivity contribution in [2.75, 3.05) is 18.4 Å². The van der Waals surface area contributed by atoms with E-state index in [2.05, 4.69) is 31.5 Å². The Kier molecular flexibility index (Phi) is 7.96. The van der Waals surface area contributed by atoms with Gasteiger partial charge >= 0.3 is 5.97 Å². The van der Waals surface area contributed by atoms with E-state index in [1.165, 1.54) is 11.8 Å². The number of aliphatic carboxylic acids is 1. The van der Waals surface area contributed by atoms with Gasteiger partial charge in [0.05, 0.1) is 17.5 Å². The third-order valence-electron chi connectivity index (χ3n) is 5.73. The second-order valence-electron chi connectivity index (χ2n) is 8.55. The number of nitrogens with one attached hydrogen (secondary N) is 3. The van der Waals surface area contributed by atoms with Gasteiger partial charge in [0.25, 0.3) is 5.91 Å². The first kappa shape index (κ1) is 25.3. The van der Waals surface area contributed by atoms with Crippen molar-refractivity contribution in [3.63, 3.8) is 0 Å². The lowest BCUT2D eigenvalue weighted by molar-refractivity contribution is -0.138. The van der Waals surface area contributed by atoms with Gasteiger partial charge in [-0.2, -0.15) is 9.82 Å². The Morgan fingerprint density at radius 2 is 1.97 bits per heavy atom. The summed E-state index contributed by atoms with van der Waals surface area (Å²) in [6.07, 6.45) is 5.68. The lowest BCUT2D eigenvalue weighted by atomic mass is 10.1. The minimum atomic E-state index is -3.94. The molecule has 1 amide bonds. The van der Waals surface area contributed by atoms with Crippen LogP contribution in [0.25, 0.3) is 0 Å². The van der Waals surface area contributed by atoms with Crippen LogP contribution in [0, 0.1) is 0 Å². The number of anilines is 1. The molecule has 2 aromatic heterocycles. The summed E-state index contributed by atoms with van der Waals surface area (Å²) in [5, 5.41) is 19.4. The quantitative estimate of drug-likeness (QED) is 0.299. The molecule has 190 valence electrons. The van der Waals surface area contributed by atoms with Crippen LogP contribution < -0.4 is 15.4 Å². The van der Waals surface area contributed by atoms with Crippen LogP contribution in [0.5, 0.6) is 0 Å². The number of rotatable bonds is 11. The average molecular weight is 513 g/mol. The maximum absolute atomic E-state index is 12.5. The topological polar surface area (TPSA) is 155 Å². The van der Waals surface area contributed by atoms with Gasteiger partial charge in [-0.25, -0.2) is 13.4 Å². The third-order valence-corrected chi connectivity index (χ3v) is 7.09. The fourth-order valence-electron chi connectivity index (χ4n) is 3.87. The molecule has 1 aliphatic rings. The van der Waals surface area contributed by atoms with E-state index in [1.807, 2.05) is 6.07 Å². The maximum atomic E-state index is 12.5. The second-order valence-corrected chi connectivity index (χ2v) is 10.3. The standard InChI is InChI=1S/C24H28N6O5S/c31-23(26-14-21(24(32)33)29-36(34,35)16-17-5-2-1-3-6-17)19-13-27-30(15-19)12-10-20-9-8-18-7-4-11-25-22(18)28-20/h1-3,5-6,8-9,13,15,21,29H,4,7,10-12,14,16H2,(H,25,28)(H,26,31)(H,32,33)/t21-/m0/s1. The lowest BCUT2D eigenvalue weighted by Gasteiger charge is -2.17. The molecule has 12 heteroatoms. The summed E-state index contributed by atoms with van der Waals surface area (Å²) < 4.78 is 28.5. The largest absolute Gasteiger partial charge is 0.480 e. The molecule has 1 aliphatic heterocycles. The van der Waals surface area contributed by atoms with Crippen LogP contribution in [0.3, 0.4) is 0 Å². The van der Waals surface area contributed by atoms with Crippen molar-refractivity contribution in [3.05, 3.63) is 77.2 Å². The molecule has 4 N–H and O–H groups in total. The van der Waals surface area contributed by atoms with Gasteiger partial charge in [0.15, 0.2) is 0 Å². The predicted octanol–water partition coefficient (Wildman–Crippen LogP) is 1.18. The Balaban J connectivity index is 1.29. The first-order chi connectivity index (χ1) is 17.3. The number of carbonyl (C=O) groups excluding carboxylic acids is 1. The molecule has 4 rings (SSSR count). The fourth-order valence-corrected chi connectivity index (χ4v) is 5.20. The minimum absolute atomic E-state index is 0.242. The van der Waals surface area contributed by atoms with Gasteiger partial charge in [-0.1, -0.05) is 36.4 Å². The highest BCUT2D eigenvalue weighted by atomic mass is 32.2. The molecule has 0 saturated heterocycles. The smallest absolute Gasteiger partial charge is 0.323 e. The van der Waals surface area contributed by atoms with Gasteiger partial charge < -0.3 is 15.7 Å². The van der Waals surface area contributed by atoms with Gasteiger partial charge in [-0.15, -0.1) is 0 Å². The number of benzene rings is 1. The summed E-state index contributed by atoms with van der Waals surface area (Å²) in [7, 11) is -3.94. The van der Waals surface area contributed by atoms with Crippen LogP contribution in [-0.4, -0.2) is 59.3 Å². The molecule has 0 bridgehead atoms. The molecular formula is C24H28N6O5S. The fraction of sp³-hybridized carbons (Fsp3) is 0.333. The highest BCUT2D eigenvalue weighted by Gasteiger charge is 2.25. The Bertz CT molecular complexity index is 1330. The number of pyridine rings is 1. The third kappa shape index (κ3) is 6.89. The highest BCUT2D eigenvalue weighted by Crippen LogP contribution is 2.20. The predicted molar refractivity (Wildman–Crippen MR) is 133 cm³/mol. The van der Waals surface area contributed by atoms with Crippen molar-refractivity contribution in [3.8, 4) is 0 Å². The Morgan fingerprint density at radius 1 is 1.17 bits per heavy atom. The van der Waals surface area contributed by atoms with E-state index >= 15 is 0 Å². The number of aromatic nitrogens is 3. The number of nitrogens with zero attached hydrogens (tertiary/aromatic N) is 3. The van der Waals surface area contributed by atoms with E-state index in [-0.39, 0.29) is 11.3 Å². The molecule has 0 unspecified atom stereocenters. The first-order valence-corrected chi connectivity index (χ1v) is 13.2. The summed E-state index contributed by atoms with van der Waals surface area (Å²) in [6, 6.07) is 11.0. The highest BCUT2D eigenvalue weighted by molar-refractivity contribution is 7.88. The van der Waals surface area contributed by atoms with E-state index < -0.39 is 34.5 Å². The molecule has 11 nitrogen and oxygen atoms in total. The van der Waals surface area contributed by atoms with Crippen molar-refractivity contribution < 1.29 is 23.1 Å². The number of hydrogen-bond donors (Lipinski definition) is 4. The summed E-state index contributed by atoms with van der Waals surface area (Å²) in [4.78, 5) is 28.8. The first-order valence-electron chi connectivity index (χ1n) is 11.6. The van der Waals surface area contributed by atoms with E-state index in [9.17, 15) is 23.1 Å². The van der Waals surface area contributed by atoms with Crippen LogP contribution in [-0.2, 0) is 40.0 Å². The van der Waals surface area contributed by atoms with Crippen molar-refractivity contribution in [1.82, 2.24) is 24.8 Å². The number of aryl methyl sites for hydroxylation is 3. The van der Waals surface area contributed by atoms with Gasteiger partial charge in [0, 0.05) is 37.9 Å². The van der Waals surface area contributed by atoms with Crippen LogP contribution in [0.4, 0.5) is 5.82 Å². The lowest BCUT2D eigenvalue weighted by Crippen LogP contribution is -2.48. The molecule has 3 heterocycles. The van der Waals surface area contributed by atoms with Crippen LogP contribution in [0.1, 0.15) is 33.6 Å². The minimum Gasteiger partial charge on any atom is -0.480 e. The van der Waals surface area contributed by atoms with Crippen LogP contribution in [0.15, 0.2) is 54.9 Å². The molecule has 1 aromatic carbocycles. The molecule has 36 heavy (non-hydrogen) atoms. The van der Waals surface area contributed by atoms with Gasteiger partial charge in [-0.3, -0.25) is 14.3 Å². The molecule has 0 radical (unpaired) electrons.